The maximum Gasteiger partial charge on any atom is 0.389 e. The molecule has 0 amide bonds. The summed E-state index contributed by atoms with van der Waals surface area (Å²) in [6.07, 6.45) is -3.75. The van der Waals surface area contributed by atoms with E-state index in [0.717, 1.165) is 6.42 Å². The highest BCUT2D eigenvalue weighted by Crippen LogP contribution is 2.21. The Bertz CT molecular complexity index is 147. The van der Waals surface area contributed by atoms with Crippen molar-refractivity contribution < 1.29 is 13.2 Å². The molecule has 1 unspecified atom stereocenters. The molecule has 14 heavy (non-hydrogen) atoms. The third kappa shape index (κ3) is 7.15. The van der Waals surface area contributed by atoms with Gasteiger partial charge in [0.25, 0.3) is 0 Å². The Morgan fingerprint density at radius 2 is 1.93 bits per heavy atom. The Hall–Kier alpha value is -0.290. The molecule has 1 atom stereocenters. The van der Waals surface area contributed by atoms with Crippen molar-refractivity contribution in [2.24, 2.45) is 5.73 Å². The number of rotatable bonds is 6. The van der Waals surface area contributed by atoms with Crippen molar-refractivity contribution >= 4 is 0 Å². The van der Waals surface area contributed by atoms with E-state index >= 15 is 0 Å². The van der Waals surface area contributed by atoms with Crippen LogP contribution in [0.4, 0.5) is 13.2 Å². The fourth-order valence-electron chi connectivity index (χ4n) is 1.21. The molecule has 0 aromatic carbocycles. The summed E-state index contributed by atoms with van der Waals surface area (Å²) in [7, 11) is 1.83. The molecule has 0 fully saturated rings. The molecule has 0 heterocycles. The molecule has 0 aromatic heterocycles. The molecule has 0 rings (SSSR count). The summed E-state index contributed by atoms with van der Waals surface area (Å²) in [5.41, 5.74) is 5.36. The van der Waals surface area contributed by atoms with Gasteiger partial charge < -0.3 is 10.6 Å². The van der Waals surface area contributed by atoms with E-state index in [1.165, 1.54) is 0 Å². The molecule has 2 N–H and O–H groups in total. The highest BCUT2D eigenvalue weighted by molar-refractivity contribution is 4.64. The average molecular weight is 212 g/mol. The Morgan fingerprint density at radius 3 is 2.36 bits per heavy atom. The smallest absolute Gasteiger partial charge is 0.330 e. The number of halogens is 3. The summed E-state index contributed by atoms with van der Waals surface area (Å²) >= 11 is 0. The standard InChI is InChI=1S/C9H19F3N2/c1-8(4-6-13)14(2)7-3-5-9(10,11)12/h8H,3-7,13H2,1-2H3. The first-order chi connectivity index (χ1) is 6.37. The van der Waals surface area contributed by atoms with E-state index in [2.05, 4.69) is 0 Å². The van der Waals surface area contributed by atoms with Crippen LogP contribution >= 0.6 is 0 Å². The molecule has 0 aliphatic carbocycles. The Morgan fingerprint density at radius 1 is 1.36 bits per heavy atom. The van der Waals surface area contributed by atoms with Crippen LogP contribution in [0, 0.1) is 0 Å². The van der Waals surface area contributed by atoms with Gasteiger partial charge in [-0.3, -0.25) is 0 Å². The lowest BCUT2D eigenvalue weighted by Gasteiger charge is -2.24. The third-order valence-electron chi connectivity index (χ3n) is 2.31. The van der Waals surface area contributed by atoms with Gasteiger partial charge in [-0.05, 0) is 39.9 Å². The summed E-state index contributed by atoms with van der Waals surface area (Å²) in [5.74, 6) is 0. The van der Waals surface area contributed by atoms with Crippen LogP contribution in [0.2, 0.25) is 0 Å². The van der Waals surface area contributed by atoms with Gasteiger partial charge >= 0.3 is 6.18 Å². The first-order valence-electron chi connectivity index (χ1n) is 4.84. The summed E-state index contributed by atoms with van der Waals surface area (Å²) in [6.45, 7) is 3.02. The minimum Gasteiger partial charge on any atom is -0.330 e. The van der Waals surface area contributed by atoms with Gasteiger partial charge in [-0.2, -0.15) is 13.2 Å². The normalized spacial score (nSPS) is 14.8. The molecule has 0 aliphatic rings. The van der Waals surface area contributed by atoms with E-state index in [9.17, 15) is 13.2 Å². The lowest BCUT2D eigenvalue weighted by Crippen LogP contribution is -2.32. The number of alkyl halides is 3. The lowest BCUT2D eigenvalue weighted by molar-refractivity contribution is -0.136. The first kappa shape index (κ1) is 13.7. The second-order valence-electron chi connectivity index (χ2n) is 3.63. The largest absolute Gasteiger partial charge is 0.389 e. The molecule has 0 bridgehead atoms. The average Bonchev–Trinajstić information content (AvgIpc) is 2.02. The van der Waals surface area contributed by atoms with Gasteiger partial charge in [0.15, 0.2) is 0 Å². The molecule has 5 heteroatoms. The number of hydrogen-bond acceptors (Lipinski definition) is 2. The SMILES string of the molecule is CC(CCN)N(C)CCCC(F)(F)F. The molecule has 86 valence electrons. The fraction of sp³-hybridized carbons (Fsp3) is 1.00. The topological polar surface area (TPSA) is 29.3 Å². The number of nitrogens with zero attached hydrogens (tertiary/aromatic N) is 1. The molecule has 0 spiro atoms. The van der Waals surface area contributed by atoms with Gasteiger partial charge in [0.05, 0.1) is 0 Å². The van der Waals surface area contributed by atoms with Gasteiger partial charge in [-0.25, -0.2) is 0 Å². The maximum absolute atomic E-state index is 11.8. The minimum atomic E-state index is -4.03. The van der Waals surface area contributed by atoms with E-state index in [4.69, 9.17) is 5.73 Å². The highest BCUT2D eigenvalue weighted by Gasteiger charge is 2.26. The molecular weight excluding hydrogens is 193 g/mol. The van der Waals surface area contributed by atoms with Crippen LogP contribution in [0.15, 0.2) is 0 Å². The molecular formula is C9H19F3N2. The Balaban J connectivity index is 3.58. The van der Waals surface area contributed by atoms with Crippen LogP contribution in [0.25, 0.3) is 0 Å². The van der Waals surface area contributed by atoms with Crippen molar-refractivity contribution in [3.8, 4) is 0 Å². The molecule has 0 aliphatic heterocycles. The quantitative estimate of drug-likeness (QED) is 0.729. The van der Waals surface area contributed by atoms with E-state index in [1.807, 2.05) is 18.9 Å². The van der Waals surface area contributed by atoms with Crippen molar-refractivity contribution in [2.75, 3.05) is 20.1 Å². The van der Waals surface area contributed by atoms with Crippen LogP contribution in [-0.4, -0.2) is 37.3 Å². The van der Waals surface area contributed by atoms with Gasteiger partial charge in [0, 0.05) is 12.5 Å². The van der Waals surface area contributed by atoms with Crippen molar-refractivity contribution in [3.05, 3.63) is 0 Å². The van der Waals surface area contributed by atoms with Crippen molar-refractivity contribution in [2.45, 2.75) is 38.4 Å². The highest BCUT2D eigenvalue weighted by atomic mass is 19.4. The Labute approximate surface area is 83.3 Å². The van der Waals surface area contributed by atoms with Crippen LogP contribution in [-0.2, 0) is 0 Å². The van der Waals surface area contributed by atoms with E-state index < -0.39 is 12.6 Å². The zero-order valence-electron chi connectivity index (χ0n) is 8.77. The number of hydrogen-bond donors (Lipinski definition) is 1. The summed E-state index contributed by atoms with van der Waals surface area (Å²) < 4.78 is 35.5. The summed E-state index contributed by atoms with van der Waals surface area (Å²) in [5, 5.41) is 0. The van der Waals surface area contributed by atoms with Crippen LogP contribution in [0.5, 0.6) is 0 Å². The zero-order chi connectivity index (χ0) is 11.2. The van der Waals surface area contributed by atoms with Crippen LogP contribution < -0.4 is 5.73 Å². The van der Waals surface area contributed by atoms with Gasteiger partial charge in [0.2, 0.25) is 0 Å². The van der Waals surface area contributed by atoms with E-state index in [-0.39, 0.29) is 12.5 Å². The molecule has 0 aromatic rings. The van der Waals surface area contributed by atoms with E-state index in [0.29, 0.717) is 13.1 Å². The second-order valence-corrected chi connectivity index (χ2v) is 3.63. The fourth-order valence-corrected chi connectivity index (χ4v) is 1.21. The first-order valence-corrected chi connectivity index (χ1v) is 4.84. The molecule has 0 radical (unpaired) electrons. The third-order valence-corrected chi connectivity index (χ3v) is 2.31. The van der Waals surface area contributed by atoms with Crippen molar-refractivity contribution in [1.82, 2.24) is 4.90 Å². The van der Waals surface area contributed by atoms with Crippen molar-refractivity contribution in [1.29, 1.82) is 0 Å². The molecule has 0 saturated heterocycles. The predicted octanol–water partition coefficient (Wildman–Crippen LogP) is 2.00. The van der Waals surface area contributed by atoms with E-state index in [1.54, 1.807) is 0 Å². The maximum atomic E-state index is 11.8. The van der Waals surface area contributed by atoms with Gasteiger partial charge in [0.1, 0.15) is 0 Å². The summed E-state index contributed by atoms with van der Waals surface area (Å²) in [4.78, 5) is 1.92. The van der Waals surface area contributed by atoms with Crippen LogP contribution in [0.3, 0.4) is 0 Å². The molecule has 0 saturated carbocycles. The van der Waals surface area contributed by atoms with Crippen molar-refractivity contribution in [3.63, 3.8) is 0 Å². The summed E-state index contributed by atoms with van der Waals surface area (Å²) in [6, 6.07) is 0.258. The Kier molecular flexibility index (Phi) is 6.11. The lowest BCUT2D eigenvalue weighted by atomic mass is 10.2. The molecule has 2 nitrogen and oxygen atoms in total. The van der Waals surface area contributed by atoms with Crippen LogP contribution in [0.1, 0.15) is 26.2 Å². The second kappa shape index (κ2) is 6.24. The predicted molar refractivity (Wildman–Crippen MR) is 51.1 cm³/mol. The van der Waals surface area contributed by atoms with Gasteiger partial charge in [-0.1, -0.05) is 0 Å². The zero-order valence-corrected chi connectivity index (χ0v) is 8.77. The van der Waals surface area contributed by atoms with Gasteiger partial charge in [-0.15, -0.1) is 0 Å². The minimum absolute atomic E-state index is 0.162. The number of nitrogens with two attached hydrogens (primary N) is 1. The monoisotopic (exact) mass is 212 g/mol.